The van der Waals surface area contributed by atoms with Crippen LogP contribution in [0.25, 0.3) is 22.2 Å². The molecule has 2 aliphatic heterocycles. The van der Waals surface area contributed by atoms with Gasteiger partial charge in [0.25, 0.3) is 0 Å². The lowest BCUT2D eigenvalue weighted by molar-refractivity contribution is 0.0374. The van der Waals surface area contributed by atoms with Crippen molar-refractivity contribution in [3.8, 4) is 11.3 Å². The predicted octanol–water partition coefficient (Wildman–Crippen LogP) is 4.53. The Bertz CT molecular complexity index is 1410. The van der Waals surface area contributed by atoms with Gasteiger partial charge in [0.05, 0.1) is 43.3 Å². The number of hydrogen-bond acceptors (Lipinski definition) is 8. The standard InChI is InChI=1S/C29H34ClN7O2/c1-35-27-19-21(4-9-24(27)25(34-35)3-2-10-36-11-15-38-16-12-36)26-20-28(31-23-7-5-22(30)6-8-23)33-29(32-26)37-13-17-39-18-14-37/h4-9,19-20H,2-3,10-18H2,1H3,(H,31,32,33). The smallest absolute Gasteiger partial charge is 0.228 e. The molecule has 2 aliphatic rings. The number of benzene rings is 2. The van der Waals surface area contributed by atoms with Gasteiger partial charge in [-0.1, -0.05) is 23.7 Å². The summed E-state index contributed by atoms with van der Waals surface area (Å²) in [7, 11) is 2.02. The molecule has 1 N–H and O–H groups in total. The second kappa shape index (κ2) is 11.9. The van der Waals surface area contributed by atoms with Crippen LogP contribution in [0.15, 0.2) is 48.5 Å². The van der Waals surface area contributed by atoms with Crippen LogP contribution >= 0.6 is 11.6 Å². The molecule has 204 valence electrons. The van der Waals surface area contributed by atoms with Gasteiger partial charge in [0.15, 0.2) is 0 Å². The van der Waals surface area contributed by atoms with Crippen LogP contribution in [0.1, 0.15) is 12.1 Å². The molecule has 0 atom stereocenters. The second-order valence-electron chi connectivity index (χ2n) is 10.0. The highest BCUT2D eigenvalue weighted by atomic mass is 35.5. The number of anilines is 3. The van der Waals surface area contributed by atoms with Gasteiger partial charge in [0, 0.05) is 61.0 Å². The summed E-state index contributed by atoms with van der Waals surface area (Å²) in [6.07, 6.45) is 2.04. The molecular formula is C29H34ClN7O2. The van der Waals surface area contributed by atoms with Gasteiger partial charge < -0.3 is 19.7 Å². The van der Waals surface area contributed by atoms with E-state index in [-0.39, 0.29) is 0 Å². The van der Waals surface area contributed by atoms with Crippen LogP contribution in [0.5, 0.6) is 0 Å². The van der Waals surface area contributed by atoms with Crippen molar-refractivity contribution in [1.29, 1.82) is 0 Å². The van der Waals surface area contributed by atoms with Crippen molar-refractivity contribution in [1.82, 2.24) is 24.6 Å². The molecule has 2 aromatic heterocycles. The number of hydrogen-bond donors (Lipinski definition) is 1. The van der Waals surface area contributed by atoms with E-state index in [1.807, 2.05) is 42.1 Å². The van der Waals surface area contributed by atoms with Crippen LogP contribution in [0.4, 0.5) is 17.5 Å². The number of rotatable bonds is 8. The second-order valence-corrected chi connectivity index (χ2v) is 10.5. The molecule has 10 heteroatoms. The van der Waals surface area contributed by atoms with Crippen LogP contribution < -0.4 is 10.2 Å². The number of nitrogens with one attached hydrogen (secondary N) is 1. The first-order valence-electron chi connectivity index (χ1n) is 13.6. The highest BCUT2D eigenvalue weighted by molar-refractivity contribution is 6.30. The molecule has 0 unspecified atom stereocenters. The molecule has 2 fully saturated rings. The van der Waals surface area contributed by atoms with Gasteiger partial charge in [-0.3, -0.25) is 9.58 Å². The summed E-state index contributed by atoms with van der Waals surface area (Å²) in [5.74, 6) is 1.43. The van der Waals surface area contributed by atoms with E-state index in [4.69, 9.17) is 36.1 Å². The van der Waals surface area contributed by atoms with Crippen molar-refractivity contribution in [2.75, 3.05) is 69.4 Å². The van der Waals surface area contributed by atoms with Gasteiger partial charge in [-0.2, -0.15) is 10.1 Å². The Morgan fingerprint density at radius 1 is 0.897 bits per heavy atom. The first-order valence-corrected chi connectivity index (χ1v) is 14.0. The molecule has 9 nitrogen and oxygen atoms in total. The number of morpholine rings is 2. The molecule has 0 aliphatic carbocycles. The third kappa shape index (κ3) is 6.17. The summed E-state index contributed by atoms with van der Waals surface area (Å²) < 4.78 is 13.0. The van der Waals surface area contributed by atoms with Gasteiger partial charge >= 0.3 is 0 Å². The van der Waals surface area contributed by atoms with E-state index in [9.17, 15) is 0 Å². The largest absolute Gasteiger partial charge is 0.379 e. The zero-order valence-corrected chi connectivity index (χ0v) is 23.0. The molecule has 0 radical (unpaired) electrons. The number of aryl methyl sites for hydroxylation is 2. The Hall–Kier alpha value is -3.24. The molecule has 0 amide bonds. The third-order valence-electron chi connectivity index (χ3n) is 7.34. The molecule has 2 aromatic carbocycles. The van der Waals surface area contributed by atoms with Crippen LogP contribution in [0.2, 0.25) is 5.02 Å². The normalized spacial score (nSPS) is 16.6. The number of nitrogens with zero attached hydrogens (tertiary/aromatic N) is 6. The van der Waals surface area contributed by atoms with E-state index in [1.165, 1.54) is 5.39 Å². The van der Waals surface area contributed by atoms with E-state index in [2.05, 4.69) is 33.3 Å². The molecular weight excluding hydrogens is 514 g/mol. The highest BCUT2D eigenvalue weighted by Crippen LogP contribution is 2.29. The monoisotopic (exact) mass is 547 g/mol. The number of fused-ring (bicyclic) bond motifs is 1. The summed E-state index contributed by atoms with van der Waals surface area (Å²) in [6.45, 7) is 7.65. The maximum atomic E-state index is 6.09. The lowest BCUT2D eigenvalue weighted by Gasteiger charge is -2.27. The fourth-order valence-corrected chi connectivity index (χ4v) is 5.33. The Morgan fingerprint density at radius 3 is 2.41 bits per heavy atom. The van der Waals surface area contributed by atoms with E-state index in [0.717, 1.165) is 92.8 Å². The first-order chi connectivity index (χ1) is 19.1. The molecule has 0 bridgehead atoms. The molecule has 6 rings (SSSR count). The third-order valence-corrected chi connectivity index (χ3v) is 7.59. The van der Waals surface area contributed by atoms with E-state index in [0.29, 0.717) is 24.2 Å². The van der Waals surface area contributed by atoms with E-state index in [1.54, 1.807) is 0 Å². The summed E-state index contributed by atoms with van der Waals surface area (Å²) in [6, 6.07) is 16.1. The lowest BCUT2D eigenvalue weighted by atomic mass is 10.1. The predicted molar refractivity (Wildman–Crippen MR) is 155 cm³/mol. The Labute approximate surface area is 233 Å². The minimum Gasteiger partial charge on any atom is -0.379 e. The van der Waals surface area contributed by atoms with Gasteiger partial charge in [0.2, 0.25) is 5.95 Å². The van der Waals surface area contributed by atoms with Crippen molar-refractivity contribution in [3.63, 3.8) is 0 Å². The summed E-state index contributed by atoms with van der Waals surface area (Å²) in [4.78, 5) is 14.5. The van der Waals surface area contributed by atoms with Crippen LogP contribution in [0.3, 0.4) is 0 Å². The minimum atomic E-state index is 0.669. The van der Waals surface area contributed by atoms with Crippen molar-refractivity contribution < 1.29 is 9.47 Å². The average molecular weight is 548 g/mol. The average Bonchev–Trinajstić information content (AvgIpc) is 3.29. The maximum Gasteiger partial charge on any atom is 0.228 e. The molecule has 0 saturated carbocycles. The van der Waals surface area contributed by atoms with Crippen LogP contribution in [0, 0.1) is 0 Å². The number of ether oxygens (including phenoxy) is 2. The molecule has 39 heavy (non-hydrogen) atoms. The molecule has 0 spiro atoms. The molecule has 2 saturated heterocycles. The zero-order chi connectivity index (χ0) is 26.6. The van der Waals surface area contributed by atoms with Crippen molar-refractivity contribution in [2.24, 2.45) is 7.05 Å². The fourth-order valence-electron chi connectivity index (χ4n) is 5.20. The van der Waals surface area contributed by atoms with Gasteiger partial charge in [-0.05, 0) is 49.7 Å². The Balaban J connectivity index is 1.27. The first kappa shape index (κ1) is 26.0. The Kier molecular flexibility index (Phi) is 7.92. The van der Waals surface area contributed by atoms with Crippen molar-refractivity contribution in [3.05, 3.63) is 59.2 Å². The molecule has 4 aromatic rings. The Morgan fingerprint density at radius 2 is 1.64 bits per heavy atom. The van der Waals surface area contributed by atoms with Crippen molar-refractivity contribution in [2.45, 2.75) is 12.8 Å². The zero-order valence-electron chi connectivity index (χ0n) is 22.3. The lowest BCUT2D eigenvalue weighted by Crippen LogP contribution is -2.37. The summed E-state index contributed by atoms with van der Waals surface area (Å²) >= 11 is 6.09. The topological polar surface area (TPSA) is 80.6 Å². The highest BCUT2D eigenvalue weighted by Gasteiger charge is 2.18. The van der Waals surface area contributed by atoms with Crippen LogP contribution in [-0.2, 0) is 22.9 Å². The number of aromatic nitrogens is 4. The summed E-state index contributed by atoms with van der Waals surface area (Å²) in [5.41, 5.74) is 5.06. The molecule has 4 heterocycles. The van der Waals surface area contributed by atoms with Gasteiger partial charge in [0.1, 0.15) is 5.82 Å². The SMILES string of the molecule is Cn1nc(CCCN2CCOCC2)c2ccc(-c3cc(Nc4ccc(Cl)cc4)nc(N4CCOCC4)n3)cc21. The van der Waals surface area contributed by atoms with Crippen molar-refractivity contribution >= 4 is 40.0 Å². The van der Waals surface area contributed by atoms with Crippen LogP contribution in [-0.4, -0.2) is 83.8 Å². The maximum absolute atomic E-state index is 6.09. The van der Waals surface area contributed by atoms with E-state index < -0.39 is 0 Å². The van der Waals surface area contributed by atoms with Gasteiger partial charge in [-0.15, -0.1) is 0 Å². The van der Waals surface area contributed by atoms with E-state index >= 15 is 0 Å². The quantitative estimate of drug-likeness (QED) is 0.345. The summed E-state index contributed by atoms with van der Waals surface area (Å²) in [5, 5.41) is 10.2. The fraction of sp³-hybridized carbons (Fsp3) is 0.414. The number of halogens is 1. The minimum absolute atomic E-state index is 0.669. The van der Waals surface area contributed by atoms with Gasteiger partial charge in [-0.25, -0.2) is 4.98 Å².